The number of aromatic nitrogens is 2. The topological polar surface area (TPSA) is 25.8 Å². The van der Waals surface area contributed by atoms with E-state index in [0.717, 1.165) is 28.9 Å². The second-order valence-electron chi connectivity index (χ2n) is 14.5. The normalized spacial score (nSPS) is 11.6. The Bertz CT molecular complexity index is 2140. The van der Waals surface area contributed by atoms with Gasteiger partial charge in [0.15, 0.2) is 0 Å². The van der Waals surface area contributed by atoms with Crippen molar-refractivity contribution in [1.29, 1.82) is 0 Å². The maximum absolute atomic E-state index is 4.71. The number of hydrogen-bond donors (Lipinski definition) is 0. The molecule has 0 saturated heterocycles. The molecule has 0 fully saturated rings. The molecule has 0 N–H and O–H groups in total. The molecule has 7 aromatic rings. The van der Waals surface area contributed by atoms with E-state index in [2.05, 4.69) is 150 Å². The van der Waals surface area contributed by atoms with Gasteiger partial charge in [0.1, 0.15) is 0 Å². The van der Waals surface area contributed by atoms with Crippen LogP contribution in [0.4, 0.5) is 0 Å². The van der Waals surface area contributed by atoms with Crippen molar-refractivity contribution in [2.45, 2.75) is 53.8 Å². The van der Waals surface area contributed by atoms with Crippen molar-refractivity contribution in [3.05, 3.63) is 139 Å². The number of fused-ring (bicyclic) bond motifs is 3. The first-order valence-electron chi connectivity index (χ1n) is 16.3. The second kappa shape index (κ2) is 14.8. The maximum Gasteiger partial charge on any atom is 0.0798 e. The van der Waals surface area contributed by atoms with Gasteiger partial charge in [-0.1, -0.05) is 112 Å². The number of pyridine rings is 2. The van der Waals surface area contributed by atoms with E-state index in [9.17, 15) is 0 Å². The van der Waals surface area contributed by atoms with Gasteiger partial charge < -0.3 is 9.97 Å². The van der Waals surface area contributed by atoms with E-state index in [-0.39, 0.29) is 25.5 Å². The first kappa shape index (κ1) is 35.6. The van der Waals surface area contributed by atoms with Crippen LogP contribution in [-0.4, -0.2) is 18.0 Å². The number of benzene rings is 4. The fourth-order valence-corrected chi connectivity index (χ4v) is 8.64. The molecule has 48 heavy (non-hydrogen) atoms. The molecule has 7 rings (SSSR count). The summed E-state index contributed by atoms with van der Waals surface area (Å²) in [6, 6.07) is 42.8. The van der Waals surface area contributed by atoms with Crippen LogP contribution in [0.1, 0.15) is 31.9 Å². The number of rotatable bonds is 5. The molecule has 0 unspecified atom stereocenters. The number of hydrogen-bond acceptors (Lipinski definition) is 3. The summed E-state index contributed by atoms with van der Waals surface area (Å²) in [6.45, 7) is 16.2. The van der Waals surface area contributed by atoms with Crippen molar-refractivity contribution in [3.8, 4) is 33.6 Å². The van der Waals surface area contributed by atoms with Crippen molar-refractivity contribution < 1.29 is 20.1 Å². The van der Waals surface area contributed by atoms with E-state index in [4.69, 9.17) is 4.98 Å². The molecule has 0 saturated carbocycles. The Hall–Kier alpha value is -3.73. The molecule has 2 nitrogen and oxygen atoms in total. The van der Waals surface area contributed by atoms with Gasteiger partial charge >= 0.3 is 0 Å². The Morgan fingerprint density at radius 3 is 2.15 bits per heavy atom. The van der Waals surface area contributed by atoms with Crippen LogP contribution in [0, 0.1) is 24.5 Å². The van der Waals surface area contributed by atoms with Gasteiger partial charge in [-0.05, 0) is 68.7 Å². The Morgan fingerprint density at radius 2 is 1.46 bits per heavy atom. The van der Waals surface area contributed by atoms with Crippen LogP contribution < -0.4 is 5.19 Å². The van der Waals surface area contributed by atoms with Crippen LogP contribution in [-0.2, 0) is 26.5 Å². The van der Waals surface area contributed by atoms with Crippen LogP contribution in [0.25, 0.3) is 53.8 Å². The van der Waals surface area contributed by atoms with E-state index >= 15 is 0 Å². The van der Waals surface area contributed by atoms with Crippen molar-refractivity contribution in [2.24, 2.45) is 5.41 Å². The average Bonchev–Trinajstić information content (AvgIpc) is 3.42. The summed E-state index contributed by atoms with van der Waals surface area (Å²) < 4.78 is 2.57. The summed E-state index contributed by atoms with van der Waals surface area (Å²) >= 11 is 1.83. The minimum atomic E-state index is -1.37. The van der Waals surface area contributed by atoms with Crippen molar-refractivity contribution in [3.63, 3.8) is 0 Å². The van der Waals surface area contributed by atoms with Gasteiger partial charge in [-0.3, -0.25) is 0 Å². The van der Waals surface area contributed by atoms with Gasteiger partial charge in [0, 0.05) is 37.2 Å². The van der Waals surface area contributed by atoms with Crippen LogP contribution in [0.2, 0.25) is 19.6 Å². The molecule has 5 heteroatoms. The fraction of sp³-hybridized carbons (Fsp3) is 0.209. The molecule has 3 aromatic heterocycles. The fourth-order valence-electron chi connectivity index (χ4n) is 5.95. The number of aryl methyl sites for hydroxylation is 1. The quantitative estimate of drug-likeness (QED) is 0.127. The summed E-state index contributed by atoms with van der Waals surface area (Å²) in [6.07, 6.45) is 5.07. The molecule has 0 aliphatic heterocycles. The molecule has 0 atom stereocenters. The van der Waals surface area contributed by atoms with Crippen molar-refractivity contribution in [2.75, 3.05) is 0 Å². The van der Waals surface area contributed by atoms with Gasteiger partial charge in [0.05, 0.1) is 8.07 Å². The Balaban J connectivity index is 0.000000189. The summed E-state index contributed by atoms with van der Waals surface area (Å²) in [7, 11) is -1.37. The molecular weight excluding hydrogens is 797 g/mol. The molecular formula is C43H42IrN2SSi-2. The molecule has 0 amide bonds. The summed E-state index contributed by atoms with van der Waals surface area (Å²) in [5, 5.41) is 4.06. The van der Waals surface area contributed by atoms with Gasteiger partial charge in [-0.25, -0.2) is 0 Å². The minimum Gasteiger partial charge on any atom is -0.305 e. The number of nitrogens with zero attached hydrogens (tertiary/aromatic N) is 2. The standard InChI is InChI=1S/C24H16NS.C19H26NSi.Ir/c1-16-11-12-25-22(13-16)19-8-10-23-21(14-19)20-9-7-18(15-24(20)26-23)17-5-3-2-4-6-17;1-19(2,3)13-16-12-17(15-10-8-7-9-11-15)20-14-18(16)21(4,5)6;/h2-7,9-15H,1H3;7-10,12,14H,13H2,1-6H3;/q2*-1;. The van der Waals surface area contributed by atoms with Crippen LogP contribution in [0.3, 0.4) is 0 Å². The smallest absolute Gasteiger partial charge is 0.0798 e. The average molecular weight is 839 g/mol. The van der Waals surface area contributed by atoms with Crippen LogP contribution in [0.5, 0.6) is 0 Å². The third-order valence-corrected chi connectivity index (χ3v) is 11.4. The monoisotopic (exact) mass is 839 g/mol. The first-order chi connectivity index (χ1) is 22.4. The predicted octanol–water partition coefficient (Wildman–Crippen LogP) is 11.6. The van der Waals surface area contributed by atoms with E-state index in [1.807, 2.05) is 41.8 Å². The van der Waals surface area contributed by atoms with Gasteiger partial charge in [0.2, 0.25) is 0 Å². The minimum absolute atomic E-state index is 0. The van der Waals surface area contributed by atoms with Gasteiger partial charge in [-0.2, -0.15) is 11.3 Å². The maximum atomic E-state index is 4.71. The number of thiophene rings is 1. The third kappa shape index (κ3) is 8.45. The predicted molar refractivity (Wildman–Crippen MR) is 206 cm³/mol. The van der Waals surface area contributed by atoms with E-state index < -0.39 is 8.07 Å². The second-order valence-corrected chi connectivity index (χ2v) is 20.6. The zero-order valence-corrected chi connectivity index (χ0v) is 33.0. The van der Waals surface area contributed by atoms with Gasteiger partial charge in [-0.15, -0.1) is 59.7 Å². The van der Waals surface area contributed by atoms with Crippen LogP contribution >= 0.6 is 11.3 Å². The Labute approximate surface area is 304 Å². The molecule has 4 aromatic carbocycles. The molecule has 1 radical (unpaired) electrons. The molecule has 245 valence electrons. The molecule has 0 bridgehead atoms. The largest absolute Gasteiger partial charge is 0.305 e. The van der Waals surface area contributed by atoms with Crippen molar-refractivity contribution >= 4 is 44.8 Å². The van der Waals surface area contributed by atoms with Crippen molar-refractivity contribution in [1.82, 2.24) is 9.97 Å². The molecule has 0 aliphatic carbocycles. The SMILES string of the molecule is CC(C)(C)Cc1cc(-c2[c-]cccc2)ncc1[Si](C)(C)C.Cc1ccnc(-c2[c-]cc3sc4cc(-c5ccccc5)ccc4c3c2)c1.[Ir]. The van der Waals surface area contributed by atoms with Crippen LogP contribution in [0.15, 0.2) is 116 Å². The summed E-state index contributed by atoms with van der Waals surface area (Å²) in [5.74, 6) is 0. The molecule has 0 spiro atoms. The summed E-state index contributed by atoms with van der Waals surface area (Å²) in [5.41, 5.74) is 9.62. The Morgan fingerprint density at radius 1 is 0.708 bits per heavy atom. The summed E-state index contributed by atoms with van der Waals surface area (Å²) in [4.78, 5) is 9.22. The molecule has 3 heterocycles. The van der Waals surface area contributed by atoms with E-state index in [0.29, 0.717) is 0 Å². The zero-order valence-electron chi connectivity index (χ0n) is 28.8. The van der Waals surface area contributed by atoms with E-state index in [1.54, 1.807) is 0 Å². The third-order valence-electron chi connectivity index (χ3n) is 8.21. The zero-order chi connectivity index (χ0) is 33.2. The van der Waals surface area contributed by atoms with Gasteiger partial charge in [0.25, 0.3) is 0 Å². The molecule has 0 aliphatic rings. The first-order valence-corrected chi connectivity index (χ1v) is 20.6. The van der Waals surface area contributed by atoms with E-state index in [1.165, 1.54) is 47.6 Å². The Kier molecular flexibility index (Phi) is 11.0.